The van der Waals surface area contributed by atoms with Gasteiger partial charge in [0.05, 0.1) is 13.3 Å². The van der Waals surface area contributed by atoms with E-state index in [2.05, 4.69) is 10.3 Å². The van der Waals surface area contributed by atoms with Crippen LogP contribution in [0.4, 0.5) is 0 Å². The Morgan fingerprint density at radius 2 is 2.06 bits per heavy atom. The van der Waals surface area contributed by atoms with E-state index in [1.54, 1.807) is 20.2 Å². The van der Waals surface area contributed by atoms with Gasteiger partial charge < -0.3 is 9.84 Å². The lowest BCUT2D eigenvalue weighted by molar-refractivity contribution is -0.140. The Kier molecular flexibility index (Phi) is 3.27. The van der Waals surface area contributed by atoms with Crippen molar-refractivity contribution in [3.63, 3.8) is 0 Å². The lowest BCUT2D eigenvalue weighted by Crippen LogP contribution is -2.15. The van der Waals surface area contributed by atoms with Crippen LogP contribution < -0.4 is 4.74 Å². The van der Waals surface area contributed by atoms with Crippen LogP contribution in [-0.4, -0.2) is 33.2 Å². The molecule has 2 aromatic rings. The monoisotopic (exact) mass is 247 g/mol. The average Bonchev–Trinajstić information content (AvgIpc) is 2.87. The van der Waals surface area contributed by atoms with E-state index in [0.717, 1.165) is 11.3 Å². The van der Waals surface area contributed by atoms with Gasteiger partial charge in [0, 0.05) is 5.56 Å². The summed E-state index contributed by atoms with van der Waals surface area (Å²) in [5, 5.41) is 16.6. The Morgan fingerprint density at radius 3 is 2.61 bits per heavy atom. The number of ether oxygens (including phenoxy) is 1. The molecule has 18 heavy (non-hydrogen) atoms. The summed E-state index contributed by atoms with van der Waals surface area (Å²) in [6.45, 7) is 1.55. The molecule has 0 aliphatic carbocycles. The molecule has 1 heterocycles. The van der Waals surface area contributed by atoms with E-state index in [-0.39, 0.29) is 0 Å². The van der Waals surface area contributed by atoms with Crippen molar-refractivity contribution in [2.24, 2.45) is 0 Å². The van der Waals surface area contributed by atoms with Crippen LogP contribution in [-0.2, 0) is 4.79 Å². The van der Waals surface area contributed by atoms with E-state index in [1.165, 1.54) is 4.68 Å². The van der Waals surface area contributed by atoms with E-state index in [9.17, 15) is 4.79 Å². The van der Waals surface area contributed by atoms with Gasteiger partial charge >= 0.3 is 5.97 Å². The van der Waals surface area contributed by atoms with Crippen LogP contribution in [0.5, 0.6) is 5.75 Å². The number of carboxylic acid groups (broad SMARTS) is 1. The number of nitrogens with zero attached hydrogens (tertiary/aromatic N) is 3. The molecule has 0 saturated carbocycles. The predicted octanol–water partition coefficient (Wildman–Crippen LogP) is 1.60. The summed E-state index contributed by atoms with van der Waals surface area (Å²) in [6, 6.07) is 6.59. The zero-order valence-corrected chi connectivity index (χ0v) is 10.1. The summed E-state index contributed by atoms with van der Waals surface area (Å²) in [4.78, 5) is 10.8. The summed E-state index contributed by atoms with van der Waals surface area (Å²) in [6.07, 6.45) is 1.61. The van der Waals surface area contributed by atoms with Crippen LogP contribution in [0.15, 0.2) is 30.5 Å². The molecule has 1 unspecified atom stereocenters. The van der Waals surface area contributed by atoms with Gasteiger partial charge in [0.15, 0.2) is 0 Å². The third-order valence-corrected chi connectivity index (χ3v) is 2.65. The number of aromatic nitrogens is 3. The van der Waals surface area contributed by atoms with Crippen molar-refractivity contribution in [3.05, 3.63) is 30.5 Å². The van der Waals surface area contributed by atoms with Crippen LogP contribution >= 0.6 is 0 Å². The van der Waals surface area contributed by atoms with E-state index >= 15 is 0 Å². The van der Waals surface area contributed by atoms with Gasteiger partial charge in [0.2, 0.25) is 0 Å². The second-order valence-corrected chi connectivity index (χ2v) is 3.83. The number of carboxylic acids is 1. The second-order valence-electron chi connectivity index (χ2n) is 3.83. The highest BCUT2D eigenvalue weighted by Crippen LogP contribution is 2.20. The molecular weight excluding hydrogens is 234 g/mol. The molecule has 1 atom stereocenters. The van der Waals surface area contributed by atoms with Gasteiger partial charge in [-0.05, 0) is 31.2 Å². The molecule has 0 saturated heterocycles. The van der Waals surface area contributed by atoms with Crippen molar-refractivity contribution in [3.8, 4) is 17.0 Å². The third-order valence-electron chi connectivity index (χ3n) is 2.65. The zero-order valence-electron chi connectivity index (χ0n) is 10.1. The van der Waals surface area contributed by atoms with Crippen molar-refractivity contribution in [1.82, 2.24) is 15.0 Å². The molecule has 0 amide bonds. The number of carbonyl (C=O) groups is 1. The van der Waals surface area contributed by atoms with Gasteiger partial charge in [0.1, 0.15) is 17.5 Å². The zero-order chi connectivity index (χ0) is 13.1. The van der Waals surface area contributed by atoms with Crippen molar-refractivity contribution >= 4 is 5.97 Å². The molecule has 2 rings (SSSR count). The first-order valence-electron chi connectivity index (χ1n) is 5.41. The fraction of sp³-hybridized carbons (Fsp3) is 0.250. The quantitative estimate of drug-likeness (QED) is 0.887. The number of benzene rings is 1. The Balaban J connectivity index is 2.26. The van der Waals surface area contributed by atoms with Gasteiger partial charge in [-0.15, -0.1) is 5.10 Å². The summed E-state index contributed by atoms with van der Waals surface area (Å²) in [5.41, 5.74) is 1.49. The minimum Gasteiger partial charge on any atom is -0.497 e. The molecule has 1 aromatic heterocycles. The smallest absolute Gasteiger partial charge is 0.328 e. The van der Waals surface area contributed by atoms with Gasteiger partial charge in [0.25, 0.3) is 0 Å². The van der Waals surface area contributed by atoms with E-state index in [0.29, 0.717) is 5.69 Å². The maximum Gasteiger partial charge on any atom is 0.328 e. The number of methoxy groups -OCH3 is 1. The molecule has 0 spiro atoms. The van der Waals surface area contributed by atoms with Crippen LogP contribution in [0.1, 0.15) is 13.0 Å². The SMILES string of the molecule is COc1ccc(-c2cn(C(C)C(=O)O)nn2)cc1. The van der Waals surface area contributed by atoms with Gasteiger partial charge in [-0.3, -0.25) is 0 Å². The fourth-order valence-corrected chi connectivity index (χ4v) is 1.47. The number of aliphatic carboxylic acids is 1. The molecule has 6 heteroatoms. The van der Waals surface area contributed by atoms with E-state index < -0.39 is 12.0 Å². The molecule has 6 nitrogen and oxygen atoms in total. The van der Waals surface area contributed by atoms with E-state index in [4.69, 9.17) is 9.84 Å². The van der Waals surface area contributed by atoms with Gasteiger partial charge in [-0.1, -0.05) is 5.21 Å². The van der Waals surface area contributed by atoms with Crippen molar-refractivity contribution in [2.75, 3.05) is 7.11 Å². The van der Waals surface area contributed by atoms with Crippen LogP contribution in [0.2, 0.25) is 0 Å². The molecular formula is C12H13N3O3. The molecule has 0 aliphatic heterocycles. The summed E-state index contributed by atoms with van der Waals surface area (Å²) >= 11 is 0. The number of rotatable bonds is 4. The standard InChI is InChI=1S/C12H13N3O3/c1-8(12(16)17)15-7-11(13-14-15)9-3-5-10(18-2)6-4-9/h3-8H,1-2H3,(H,16,17). The molecule has 94 valence electrons. The third kappa shape index (κ3) is 2.32. The Labute approximate surface area is 104 Å². The number of hydrogen-bond acceptors (Lipinski definition) is 4. The minimum absolute atomic E-state index is 0.630. The van der Waals surface area contributed by atoms with Crippen LogP contribution in [0, 0.1) is 0 Å². The van der Waals surface area contributed by atoms with Crippen molar-refractivity contribution < 1.29 is 14.6 Å². The molecule has 1 aromatic carbocycles. The lowest BCUT2D eigenvalue weighted by Gasteiger charge is -2.03. The average molecular weight is 247 g/mol. The van der Waals surface area contributed by atoms with Crippen LogP contribution in [0.3, 0.4) is 0 Å². The van der Waals surface area contributed by atoms with Crippen LogP contribution in [0.25, 0.3) is 11.3 Å². The predicted molar refractivity (Wildman–Crippen MR) is 64.4 cm³/mol. The summed E-state index contributed by atoms with van der Waals surface area (Å²) in [7, 11) is 1.60. The van der Waals surface area contributed by atoms with E-state index in [1.807, 2.05) is 24.3 Å². The highest BCUT2D eigenvalue weighted by Gasteiger charge is 2.15. The Morgan fingerprint density at radius 1 is 1.39 bits per heavy atom. The molecule has 0 aliphatic rings. The number of hydrogen-bond donors (Lipinski definition) is 1. The fourth-order valence-electron chi connectivity index (χ4n) is 1.47. The van der Waals surface area contributed by atoms with Gasteiger partial charge in [-0.2, -0.15) is 0 Å². The second kappa shape index (κ2) is 4.87. The van der Waals surface area contributed by atoms with Gasteiger partial charge in [-0.25, -0.2) is 9.48 Å². The summed E-state index contributed by atoms with van der Waals surface area (Å²) < 4.78 is 6.38. The molecule has 1 N–H and O–H groups in total. The normalized spacial score (nSPS) is 12.1. The summed E-state index contributed by atoms with van der Waals surface area (Å²) in [5.74, 6) is -0.189. The highest BCUT2D eigenvalue weighted by atomic mass is 16.5. The Bertz CT molecular complexity index is 548. The maximum atomic E-state index is 10.8. The minimum atomic E-state index is -0.943. The first-order valence-corrected chi connectivity index (χ1v) is 5.41. The lowest BCUT2D eigenvalue weighted by atomic mass is 10.1. The maximum absolute atomic E-state index is 10.8. The van der Waals surface area contributed by atoms with Crippen molar-refractivity contribution in [1.29, 1.82) is 0 Å². The Hall–Kier alpha value is -2.37. The molecule has 0 fully saturated rings. The molecule has 0 radical (unpaired) electrons. The first-order chi connectivity index (χ1) is 8.61. The highest BCUT2D eigenvalue weighted by molar-refractivity contribution is 5.71. The topological polar surface area (TPSA) is 77.2 Å². The first kappa shape index (κ1) is 12.1. The van der Waals surface area contributed by atoms with Crippen molar-refractivity contribution in [2.45, 2.75) is 13.0 Å². The molecule has 0 bridgehead atoms. The largest absolute Gasteiger partial charge is 0.497 e.